The van der Waals surface area contributed by atoms with Crippen LogP contribution in [-0.2, 0) is 16.0 Å². The number of likely N-dealkylation sites (N-methyl/N-ethyl adjacent to an activating group) is 1. The second kappa shape index (κ2) is 7.84. The van der Waals surface area contributed by atoms with Gasteiger partial charge in [0.1, 0.15) is 0 Å². The lowest BCUT2D eigenvalue weighted by molar-refractivity contribution is -0.131. The smallest absolute Gasteiger partial charge is 0.241 e. The van der Waals surface area contributed by atoms with Crippen LogP contribution >= 0.6 is 12.6 Å². The highest BCUT2D eigenvalue weighted by Gasteiger charge is 2.16. The molecule has 1 aromatic carbocycles. The standard InChI is InChI=1S/C14H20N2O2S/c1-3-16(2)13(17)10-15-14(18)12(19)9-11-7-5-4-6-8-11/h4-8,12,19H,3,9-10H2,1-2H3,(H,15,18). The van der Waals surface area contributed by atoms with Crippen LogP contribution in [0.5, 0.6) is 0 Å². The Hall–Kier alpha value is -1.49. The molecule has 1 aromatic rings. The third-order valence-electron chi connectivity index (χ3n) is 2.89. The minimum atomic E-state index is -0.442. The van der Waals surface area contributed by atoms with E-state index < -0.39 is 5.25 Å². The van der Waals surface area contributed by atoms with Crippen molar-refractivity contribution in [1.82, 2.24) is 10.2 Å². The molecule has 0 spiro atoms. The summed E-state index contributed by atoms with van der Waals surface area (Å²) in [6.07, 6.45) is 0.549. The quantitative estimate of drug-likeness (QED) is 0.767. The summed E-state index contributed by atoms with van der Waals surface area (Å²) in [4.78, 5) is 24.9. The van der Waals surface area contributed by atoms with E-state index in [1.807, 2.05) is 37.3 Å². The molecule has 0 aromatic heterocycles. The number of carbonyl (C=O) groups is 2. The molecule has 0 saturated carbocycles. The van der Waals surface area contributed by atoms with E-state index in [9.17, 15) is 9.59 Å². The third-order valence-corrected chi connectivity index (χ3v) is 3.31. The van der Waals surface area contributed by atoms with E-state index in [0.717, 1.165) is 5.56 Å². The number of benzene rings is 1. The predicted octanol–water partition coefficient (Wildman–Crippen LogP) is 1.12. The Morgan fingerprint density at radius 1 is 1.32 bits per heavy atom. The molecule has 1 atom stereocenters. The molecule has 1 N–H and O–H groups in total. The summed E-state index contributed by atoms with van der Waals surface area (Å²) in [5, 5.41) is 2.17. The van der Waals surface area contributed by atoms with E-state index in [0.29, 0.717) is 13.0 Å². The van der Waals surface area contributed by atoms with Crippen LogP contribution in [0, 0.1) is 0 Å². The fourth-order valence-corrected chi connectivity index (χ4v) is 1.82. The maximum absolute atomic E-state index is 11.8. The highest BCUT2D eigenvalue weighted by molar-refractivity contribution is 7.81. The monoisotopic (exact) mass is 280 g/mol. The first kappa shape index (κ1) is 15.6. The molecule has 19 heavy (non-hydrogen) atoms. The Morgan fingerprint density at radius 3 is 2.53 bits per heavy atom. The van der Waals surface area contributed by atoms with Gasteiger partial charge in [-0.05, 0) is 18.9 Å². The maximum Gasteiger partial charge on any atom is 0.241 e. The van der Waals surface area contributed by atoms with Gasteiger partial charge in [0.15, 0.2) is 0 Å². The van der Waals surface area contributed by atoms with Crippen LogP contribution in [0.1, 0.15) is 12.5 Å². The molecular weight excluding hydrogens is 260 g/mol. The van der Waals surface area contributed by atoms with E-state index in [-0.39, 0.29) is 18.4 Å². The molecule has 0 saturated heterocycles. The second-order valence-electron chi connectivity index (χ2n) is 4.33. The third kappa shape index (κ3) is 5.34. The first-order valence-corrected chi connectivity index (χ1v) is 6.80. The van der Waals surface area contributed by atoms with Crippen LogP contribution in [0.4, 0.5) is 0 Å². The van der Waals surface area contributed by atoms with Gasteiger partial charge in [0, 0.05) is 13.6 Å². The highest BCUT2D eigenvalue weighted by Crippen LogP contribution is 2.07. The van der Waals surface area contributed by atoms with Crippen molar-refractivity contribution in [3.8, 4) is 0 Å². The summed E-state index contributed by atoms with van der Waals surface area (Å²) < 4.78 is 0. The SMILES string of the molecule is CCN(C)C(=O)CNC(=O)C(S)Cc1ccccc1. The number of nitrogens with one attached hydrogen (secondary N) is 1. The number of carbonyl (C=O) groups excluding carboxylic acids is 2. The topological polar surface area (TPSA) is 49.4 Å². The Bertz CT molecular complexity index is 423. The van der Waals surface area contributed by atoms with Gasteiger partial charge in [0.25, 0.3) is 0 Å². The zero-order valence-corrected chi connectivity index (χ0v) is 12.2. The Labute approximate surface area is 119 Å². The van der Waals surface area contributed by atoms with Crippen molar-refractivity contribution >= 4 is 24.4 Å². The minimum absolute atomic E-state index is 0.0228. The van der Waals surface area contributed by atoms with E-state index in [4.69, 9.17) is 0 Å². The van der Waals surface area contributed by atoms with Crippen LogP contribution in [0.2, 0.25) is 0 Å². The molecule has 1 unspecified atom stereocenters. The summed E-state index contributed by atoms with van der Waals surface area (Å²) in [6, 6.07) is 9.68. The Kier molecular flexibility index (Phi) is 6.42. The molecule has 0 radical (unpaired) electrons. The van der Waals surface area contributed by atoms with Gasteiger partial charge in [-0.3, -0.25) is 9.59 Å². The second-order valence-corrected chi connectivity index (χ2v) is 4.95. The molecule has 0 heterocycles. The summed E-state index contributed by atoms with van der Waals surface area (Å²) in [5.74, 6) is -0.318. The van der Waals surface area contributed by atoms with Crippen LogP contribution in [0.15, 0.2) is 30.3 Å². The van der Waals surface area contributed by atoms with Crippen LogP contribution in [-0.4, -0.2) is 42.1 Å². The zero-order chi connectivity index (χ0) is 14.3. The van der Waals surface area contributed by atoms with E-state index in [1.54, 1.807) is 11.9 Å². The average molecular weight is 280 g/mol. The zero-order valence-electron chi connectivity index (χ0n) is 11.3. The minimum Gasteiger partial charge on any atom is -0.346 e. The van der Waals surface area contributed by atoms with Crippen LogP contribution < -0.4 is 5.32 Å². The Morgan fingerprint density at radius 2 is 1.95 bits per heavy atom. The van der Waals surface area contributed by atoms with Crippen molar-refractivity contribution in [2.45, 2.75) is 18.6 Å². The molecule has 0 bridgehead atoms. The molecule has 0 aliphatic rings. The number of rotatable bonds is 6. The lowest BCUT2D eigenvalue weighted by atomic mass is 10.1. The fraction of sp³-hybridized carbons (Fsp3) is 0.429. The molecule has 5 heteroatoms. The fourth-order valence-electron chi connectivity index (χ4n) is 1.52. The lowest BCUT2D eigenvalue weighted by Crippen LogP contribution is -2.41. The van der Waals surface area contributed by atoms with Crippen molar-refractivity contribution in [2.24, 2.45) is 0 Å². The van der Waals surface area contributed by atoms with E-state index in [2.05, 4.69) is 17.9 Å². The van der Waals surface area contributed by atoms with Gasteiger partial charge in [0.05, 0.1) is 11.8 Å². The van der Waals surface area contributed by atoms with Gasteiger partial charge in [-0.1, -0.05) is 30.3 Å². The summed E-state index contributed by atoms with van der Waals surface area (Å²) in [6.45, 7) is 2.54. The van der Waals surface area contributed by atoms with E-state index in [1.165, 1.54) is 0 Å². The summed E-state index contributed by atoms with van der Waals surface area (Å²) in [7, 11) is 1.70. The van der Waals surface area contributed by atoms with Crippen molar-refractivity contribution in [2.75, 3.05) is 20.1 Å². The van der Waals surface area contributed by atoms with Gasteiger partial charge in [-0.2, -0.15) is 12.6 Å². The van der Waals surface area contributed by atoms with Crippen LogP contribution in [0.25, 0.3) is 0 Å². The number of nitrogens with zero attached hydrogens (tertiary/aromatic N) is 1. The molecule has 0 fully saturated rings. The first-order chi connectivity index (χ1) is 9.04. The van der Waals surface area contributed by atoms with Crippen molar-refractivity contribution in [3.63, 3.8) is 0 Å². The average Bonchev–Trinajstić information content (AvgIpc) is 2.44. The largest absolute Gasteiger partial charge is 0.346 e. The molecular formula is C14H20N2O2S. The van der Waals surface area contributed by atoms with Gasteiger partial charge in [0.2, 0.25) is 11.8 Å². The molecule has 1 rings (SSSR count). The summed E-state index contributed by atoms with van der Waals surface area (Å²) in [5.41, 5.74) is 1.05. The van der Waals surface area contributed by atoms with Gasteiger partial charge < -0.3 is 10.2 Å². The normalized spacial score (nSPS) is 11.7. The lowest BCUT2D eigenvalue weighted by Gasteiger charge is -2.16. The first-order valence-electron chi connectivity index (χ1n) is 6.28. The van der Waals surface area contributed by atoms with Crippen LogP contribution in [0.3, 0.4) is 0 Å². The highest BCUT2D eigenvalue weighted by atomic mass is 32.1. The molecule has 104 valence electrons. The summed E-state index contributed by atoms with van der Waals surface area (Å²) >= 11 is 4.28. The Balaban J connectivity index is 2.39. The molecule has 4 nitrogen and oxygen atoms in total. The van der Waals surface area contributed by atoms with Gasteiger partial charge in [-0.15, -0.1) is 0 Å². The number of hydrogen-bond donors (Lipinski definition) is 2. The predicted molar refractivity (Wildman–Crippen MR) is 79.2 cm³/mol. The molecule has 2 amide bonds. The number of thiol groups is 1. The molecule has 0 aliphatic carbocycles. The van der Waals surface area contributed by atoms with Crippen molar-refractivity contribution < 1.29 is 9.59 Å². The molecule has 0 aliphatic heterocycles. The van der Waals surface area contributed by atoms with E-state index >= 15 is 0 Å². The van der Waals surface area contributed by atoms with Gasteiger partial charge >= 0.3 is 0 Å². The van der Waals surface area contributed by atoms with Gasteiger partial charge in [-0.25, -0.2) is 0 Å². The van der Waals surface area contributed by atoms with Crippen molar-refractivity contribution in [1.29, 1.82) is 0 Å². The van der Waals surface area contributed by atoms with Crippen molar-refractivity contribution in [3.05, 3.63) is 35.9 Å². The number of hydrogen-bond acceptors (Lipinski definition) is 3. The number of amides is 2. The maximum atomic E-state index is 11.8.